The number of hydrogen-bond acceptors (Lipinski definition) is 3. The van der Waals surface area contributed by atoms with E-state index in [1.807, 2.05) is 25.1 Å². The van der Waals surface area contributed by atoms with Gasteiger partial charge in [0.1, 0.15) is 5.76 Å². The van der Waals surface area contributed by atoms with E-state index in [9.17, 15) is 9.59 Å². The van der Waals surface area contributed by atoms with Gasteiger partial charge in [-0.2, -0.15) is 0 Å². The van der Waals surface area contributed by atoms with Gasteiger partial charge in [-0.25, -0.2) is 0 Å². The third-order valence-corrected chi connectivity index (χ3v) is 4.28. The molecule has 0 spiro atoms. The van der Waals surface area contributed by atoms with E-state index >= 15 is 0 Å². The first-order valence-corrected chi connectivity index (χ1v) is 8.74. The highest BCUT2D eigenvalue weighted by Crippen LogP contribution is 2.12. The van der Waals surface area contributed by atoms with Crippen LogP contribution in [0.1, 0.15) is 28.8 Å². The summed E-state index contributed by atoms with van der Waals surface area (Å²) >= 11 is 0. The molecular formula is C21H22N2O3. The number of likely N-dealkylation sites (N-methyl/N-ethyl adjacent to an activating group) is 1. The maximum atomic E-state index is 12.7. The number of pyridine rings is 1. The number of furan rings is 1. The van der Waals surface area contributed by atoms with E-state index in [0.29, 0.717) is 31.2 Å². The summed E-state index contributed by atoms with van der Waals surface area (Å²) in [5.41, 5.74) is 1.09. The van der Waals surface area contributed by atoms with E-state index in [1.54, 1.807) is 39.9 Å². The Morgan fingerprint density at radius 1 is 1.04 bits per heavy atom. The van der Waals surface area contributed by atoms with Crippen molar-refractivity contribution in [2.24, 2.45) is 0 Å². The second kappa shape index (κ2) is 8.34. The van der Waals surface area contributed by atoms with Crippen LogP contribution < -0.4 is 5.56 Å². The molecule has 0 aliphatic carbocycles. The van der Waals surface area contributed by atoms with Crippen LogP contribution in [0.3, 0.4) is 0 Å². The molecule has 5 heteroatoms. The predicted octanol–water partition coefficient (Wildman–Crippen LogP) is 3.19. The Labute approximate surface area is 152 Å². The summed E-state index contributed by atoms with van der Waals surface area (Å²) in [5.74, 6) is 0.759. The Morgan fingerprint density at radius 3 is 2.54 bits per heavy atom. The molecule has 3 aromatic rings. The van der Waals surface area contributed by atoms with Crippen LogP contribution in [-0.2, 0) is 13.0 Å². The highest BCUT2D eigenvalue weighted by molar-refractivity contribution is 5.91. The molecule has 134 valence electrons. The normalized spacial score (nSPS) is 10.7. The summed E-state index contributed by atoms with van der Waals surface area (Å²) in [6.07, 6.45) is 2.50. The minimum Gasteiger partial charge on any atom is -0.454 e. The minimum absolute atomic E-state index is 0.102. The topological polar surface area (TPSA) is 55.5 Å². The number of nitrogens with zero attached hydrogens (tertiary/aromatic N) is 2. The average Bonchev–Trinajstić information content (AvgIpc) is 3.13. The summed E-state index contributed by atoms with van der Waals surface area (Å²) in [5, 5.41) is 0. The largest absolute Gasteiger partial charge is 0.454 e. The highest BCUT2D eigenvalue weighted by Gasteiger charge is 2.18. The lowest BCUT2D eigenvalue weighted by molar-refractivity contribution is 0.0732. The van der Waals surface area contributed by atoms with Gasteiger partial charge in [-0.3, -0.25) is 9.59 Å². The fourth-order valence-corrected chi connectivity index (χ4v) is 2.80. The van der Waals surface area contributed by atoms with Gasteiger partial charge in [0, 0.05) is 25.4 Å². The monoisotopic (exact) mass is 350 g/mol. The molecule has 26 heavy (non-hydrogen) atoms. The van der Waals surface area contributed by atoms with Crippen molar-refractivity contribution >= 4 is 5.91 Å². The van der Waals surface area contributed by atoms with Crippen LogP contribution >= 0.6 is 0 Å². The van der Waals surface area contributed by atoms with E-state index in [1.165, 1.54) is 11.6 Å². The van der Waals surface area contributed by atoms with Crippen molar-refractivity contribution in [3.8, 4) is 0 Å². The lowest BCUT2D eigenvalue weighted by atomic mass is 10.1. The molecule has 0 aliphatic heterocycles. The van der Waals surface area contributed by atoms with Gasteiger partial charge in [-0.15, -0.1) is 0 Å². The summed E-state index contributed by atoms with van der Waals surface area (Å²) in [4.78, 5) is 26.2. The zero-order chi connectivity index (χ0) is 18.4. The molecule has 1 amide bonds. The molecule has 2 heterocycles. The summed E-state index contributed by atoms with van der Waals surface area (Å²) in [7, 11) is 0. The van der Waals surface area contributed by atoms with Crippen LogP contribution in [0, 0.1) is 0 Å². The van der Waals surface area contributed by atoms with Gasteiger partial charge in [0.2, 0.25) is 0 Å². The van der Waals surface area contributed by atoms with Crippen molar-refractivity contribution in [3.05, 3.63) is 94.3 Å². The van der Waals surface area contributed by atoms with Crippen molar-refractivity contribution in [2.75, 3.05) is 13.1 Å². The maximum absolute atomic E-state index is 12.7. The Morgan fingerprint density at radius 2 is 1.81 bits per heavy atom. The Bertz CT molecular complexity index is 912. The molecule has 0 radical (unpaired) electrons. The average molecular weight is 350 g/mol. The zero-order valence-corrected chi connectivity index (χ0v) is 14.8. The van der Waals surface area contributed by atoms with Gasteiger partial charge in [-0.1, -0.05) is 36.4 Å². The van der Waals surface area contributed by atoms with Crippen LogP contribution in [0.25, 0.3) is 0 Å². The van der Waals surface area contributed by atoms with Crippen LogP contribution in [0.2, 0.25) is 0 Å². The van der Waals surface area contributed by atoms with Crippen LogP contribution in [0.15, 0.2) is 76.1 Å². The number of aromatic nitrogens is 1. The summed E-state index contributed by atoms with van der Waals surface area (Å²) in [6, 6.07) is 18.5. The van der Waals surface area contributed by atoms with Crippen molar-refractivity contribution < 1.29 is 9.21 Å². The second-order valence-electron chi connectivity index (χ2n) is 6.05. The summed E-state index contributed by atoms with van der Waals surface area (Å²) < 4.78 is 7.23. The van der Waals surface area contributed by atoms with Gasteiger partial charge in [0.15, 0.2) is 5.76 Å². The SMILES string of the molecule is CCN(CCc1ccccc1)C(=O)c1ccc(Cn2ccccc2=O)o1. The van der Waals surface area contributed by atoms with E-state index < -0.39 is 0 Å². The Balaban J connectivity index is 1.66. The molecule has 3 rings (SSSR count). The number of hydrogen-bond donors (Lipinski definition) is 0. The molecule has 0 saturated carbocycles. The third kappa shape index (κ3) is 4.30. The number of benzene rings is 1. The number of carbonyl (C=O) groups is 1. The molecule has 0 N–H and O–H groups in total. The van der Waals surface area contributed by atoms with Crippen molar-refractivity contribution in [3.63, 3.8) is 0 Å². The molecule has 2 aromatic heterocycles. The first-order valence-electron chi connectivity index (χ1n) is 8.74. The molecule has 1 aromatic carbocycles. The molecule has 0 saturated heterocycles. The number of rotatable bonds is 7. The van der Waals surface area contributed by atoms with Crippen LogP contribution in [0.4, 0.5) is 0 Å². The zero-order valence-electron chi connectivity index (χ0n) is 14.8. The number of amides is 1. The van der Waals surface area contributed by atoms with Crippen LogP contribution in [-0.4, -0.2) is 28.5 Å². The lowest BCUT2D eigenvalue weighted by Gasteiger charge is -2.19. The molecular weight excluding hydrogens is 328 g/mol. The van der Waals surface area contributed by atoms with E-state index in [2.05, 4.69) is 12.1 Å². The van der Waals surface area contributed by atoms with Crippen LogP contribution in [0.5, 0.6) is 0 Å². The fraction of sp³-hybridized carbons (Fsp3) is 0.238. The molecule has 0 atom stereocenters. The van der Waals surface area contributed by atoms with Gasteiger partial charge >= 0.3 is 0 Å². The van der Waals surface area contributed by atoms with Crippen molar-refractivity contribution in [1.29, 1.82) is 0 Å². The Hall–Kier alpha value is -3.08. The smallest absolute Gasteiger partial charge is 0.289 e. The van der Waals surface area contributed by atoms with Crippen molar-refractivity contribution in [1.82, 2.24) is 9.47 Å². The summed E-state index contributed by atoms with van der Waals surface area (Å²) in [6.45, 7) is 3.51. The third-order valence-electron chi connectivity index (χ3n) is 4.28. The van der Waals surface area contributed by atoms with Gasteiger partial charge in [0.25, 0.3) is 11.5 Å². The van der Waals surface area contributed by atoms with E-state index in [0.717, 1.165) is 6.42 Å². The predicted molar refractivity (Wildman–Crippen MR) is 100 cm³/mol. The van der Waals surface area contributed by atoms with Gasteiger partial charge in [0.05, 0.1) is 6.54 Å². The molecule has 0 aliphatic rings. The van der Waals surface area contributed by atoms with Gasteiger partial charge in [-0.05, 0) is 37.1 Å². The van der Waals surface area contributed by atoms with Gasteiger partial charge < -0.3 is 13.9 Å². The molecule has 0 unspecified atom stereocenters. The molecule has 0 fully saturated rings. The standard InChI is InChI=1S/C21H22N2O3/c1-2-22(15-13-17-8-4-3-5-9-17)21(25)19-12-11-18(26-19)16-23-14-7-6-10-20(23)24/h3-12,14H,2,13,15-16H2,1H3. The Kier molecular flexibility index (Phi) is 5.69. The maximum Gasteiger partial charge on any atom is 0.289 e. The first kappa shape index (κ1) is 17.7. The molecule has 5 nitrogen and oxygen atoms in total. The van der Waals surface area contributed by atoms with E-state index in [-0.39, 0.29) is 11.5 Å². The van der Waals surface area contributed by atoms with E-state index in [4.69, 9.17) is 4.42 Å². The quantitative estimate of drug-likeness (QED) is 0.657. The minimum atomic E-state index is -0.130. The second-order valence-corrected chi connectivity index (χ2v) is 6.05. The highest BCUT2D eigenvalue weighted by atomic mass is 16.4. The number of carbonyl (C=O) groups excluding carboxylic acids is 1. The first-order chi connectivity index (χ1) is 12.7. The lowest BCUT2D eigenvalue weighted by Crippen LogP contribution is -2.32. The van der Waals surface area contributed by atoms with Crippen molar-refractivity contribution in [2.45, 2.75) is 19.9 Å². The molecule has 0 bridgehead atoms. The fourth-order valence-electron chi connectivity index (χ4n) is 2.80.